The van der Waals surface area contributed by atoms with E-state index in [0.717, 1.165) is 38.5 Å². The maximum absolute atomic E-state index is 10.3. The molecule has 0 aliphatic rings. The first-order valence-electron chi connectivity index (χ1n) is 9.92. The molecule has 0 atom stereocenters. The van der Waals surface area contributed by atoms with Gasteiger partial charge in [-0.05, 0) is 44.9 Å². The van der Waals surface area contributed by atoms with Crippen molar-refractivity contribution in [1.82, 2.24) is 0 Å². The molecule has 0 unspecified atom stereocenters. The topological polar surface area (TPSA) is 40.1 Å². The number of carbonyl (C=O) groups is 1. The Morgan fingerprint density at radius 2 is 1.12 bits per heavy atom. The number of allylic oxidation sites excluding steroid dienone is 6. The van der Waals surface area contributed by atoms with Gasteiger partial charge in [-0.15, -0.1) is 0 Å². The molecule has 138 valence electrons. The molecule has 25 heavy (non-hydrogen) atoms. The van der Waals surface area contributed by atoms with Crippen molar-refractivity contribution in [3.63, 3.8) is 0 Å². The van der Waals surface area contributed by atoms with Crippen LogP contribution in [0.4, 0.5) is 0 Å². The Morgan fingerprint density at radius 1 is 0.680 bits per heavy atom. The van der Waals surface area contributed by atoms with Gasteiger partial charge in [-0.25, -0.2) is 0 Å². The third kappa shape index (κ3) is 26.0. The van der Waals surface area contributed by atoms with Crippen LogP contribution in [-0.4, -0.2) is 5.97 Å². The Balaban J connectivity index is 0. The predicted octanol–water partition coefficient (Wildman–Crippen LogP) is 2.89. The van der Waals surface area contributed by atoms with Crippen LogP contribution >= 0.6 is 0 Å². The average molecular weight is 357 g/mol. The standard InChI is InChI=1S/C22H38O2.Na/c1-2-3-4-5-6-7-8-9-10-11-12-13-14-15-16-17-18-19-20-21-22(23)24;/h3-4,6-7,9-10H,2,5,8,11-21H2,1H3,(H,23,24);/q;+1/p-1/b4-3-,7-6-,10-9-;. The van der Waals surface area contributed by atoms with Crippen LogP contribution in [0, 0.1) is 0 Å². The molecule has 0 aliphatic heterocycles. The summed E-state index contributed by atoms with van der Waals surface area (Å²) in [4.78, 5) is 10.3. The summed E-state index contributed by atoms with van der Waals surface area (Å²) in [6.45, 7) is 2.16. The number of hydrogen-bond acceptors (Lipinski definition) is 2. The van der Waals surface area contributed by atoms with Crippen LogP contribution in [0.3, 0.4) is 0 Å². The third-order valence-electron chi connectivity index (χ3n) is 4.03. The Kier molecular flexibility index (Phi) is 25.5. The van der Waals surface area contributed by atoms with E-state index in [2.05, 4.69) is 43.4 Å². The molecule has 0 rings (SSSR count). The molecule has 0 heterocycles. The molecule has 0 saturated heterocycles. The number of rotatable bonds is 17. The van der Waals surface area contributed by atoms with Gasteiger partial charge in [0.2, 0.25) is 0 Å². The Hall–Kier alpha value is -0.310. The van der Waals surface area contributed by atoms with Crippen molar-refractivity contribution in [2.75, 3.05) is 0 Å². The largest absolute Gasteiger partial charge is 1.00 e. The zero-order valence-electron chi connectivity index (χ0n) is 16.7. The van der Waals surface area contributed by atoms with Crippen LogP contribution in [0.2, 0.25) is 0 Å². The molecular formula is C22H37NaO2. The second-order valence-corrected chi connectivity index (χ2v) is 6.39. The summed E-state index contributed by atoms with van der Waals surface area (Å²) in [6, 6.07) is 0. The zero-order valence-corrected chi connectivity index (χ0v) is 18.7. The number of carbonyl (C=O) groups excluding carboxylic acids is 1. The molecule has 0 aliphatic carbocycles. The second-order valence-electron chi connectivity index (χ2n) is 6.39. The molecule has 0 amide bonds. The van der Waals surface area contributed by atoms with Gasteiger partial charge in [0.05, 0.1) is 0 Å². The maximum Gasteiger partial charge on any atom is 1.00 e. The van der Waals surface area contributed by atoms with Gasteiger partial charge in [0.1, 0.15) is 0 Å². The fraction of sp³-hybridized carbons (Fsp3) is 0.682. The van der Waals surface area contributed by atoms with Crippen molar-refractivity contribution < 1.29 is 39.5 Å². The number of carboxylic acid groups (broad SMARTS) is 1. The third-order valence-corrected chi connectivity index (χ3v) is 4.03. The first-order valence-corrected chi connectivity index (χ1v) is 9.92. The van der Waals surface area contributed by atoms with Crippen LogP contribution < -0.4 is 34.7 Å². The van der Waals surface area contributed by atoms with E-state index in [1.54, 1.807) is 0 Å². The molecule has 0 fully saturated rings. The SMILES string of the molecule is CC/C=C\C/C=C\C/C=C\CCCCCCCCCCCC(=O)[O-].[Na+]. The molecule has 0 saturated carbocycles. The predicted molar refractivity (Wildman–Crippen MR) is 103 cm³/mol. The van der Waals surface area contributed by atoms with Crippen LogP contribution in [0.5, 0.6) is 0 Å². The summed E-state index contributed by atoms with van der Waals surface area (Å²) in [5.74, 6) is -0.913. The molecule has 0 aromatic carbocycles. The quantitative estimate of drug-likeness (QED) is 0.228. The Labute approximate surface area is 178 Å². The summed E-state index contributed by atoms with van der Waals surface area (Å²) in [5.41, 5.74) is 0. The van der Waals surface area contributed by atoms with Gasteiger partial charge in [0.15, 0.2) is 0 Å². The number of aliphatic carboxylic acids is 1. The van der Waals surface area contributed by atoms with E-state index in [1.165, 1.54) is 44.9 Å². The Morgan fingerprint density at radius 3 is 1.64 bits per heavy atom. The number of hydrogen-bond donors (Lipinski definition) is 0. The molecule has 0 N–H and O–H groups in total. The monoisotopic (exact) mass is 356 g/mol. The summed E-state index contributed by atoms with van der Waals surface area (Å²) in [6.07, 6.45) is 28.9. The van der Waals surface area contributed by atoms with Gasteiger partial charge in [-0.1, -0.05) is 88.3 Å². The molecule has 3 heteroatoms. The van der Waals surface area contributed by atoms with E-state index >= 15 is 0 Å². The minimum absolute atomic E-state index is 0. The van der Waals surface area contributed by atoms with Crippen molar-refractivity contribution in [2.24, 2.45) is 0 Å². The molecule has 0 spiro atoms. The van der Waals surface area contributed by atoms with Crippen molar-refractivity contribution >= 4 is 5.97 Å². The molecule has 0 aromatic rings. The molecule has 2 nitrogen and oxygen atoms in total. The van der Waals surface area contributed by atoms with E-state index in [1.807, 2.05) is 0 Å². The van der Waals surface area contributed by atoms with Crippen LogP contribution in [0.25, 0.3) is 0 Å². The maximum atomic E-state index is 10.3. The van der Waals surface area contributed by atoms with E-state index in [4.69, 9.17) is 0 Å². The van der Waals surface area contributed by atoms with Gasteiger partial charge in [-0.3, -0.25) is 0 Å². The van der Waals surface area contributed by atoms with Crippen molar-refractivity contribution in [3.8, 4) is 0 Å². The van der Waals surface area contributed by atoms with Gasteiger partial charge in [-0.2, -0.15) is 0 Å². The smallest absolute Gasteiger partial charge is 0.550 e. The molecule has 0 radical (unpaired) electrons. The summed E-state index contributed by atoms with van der Waals surface area (Å²) < 4.78 is 0. The second kappa shape index (κ2) is 23.7. The average Bonchev–Trinajstić information content (AvgIpc) is 2.56. The summed E-state index contributed by atoms with van der Waals surface area (Å²) >= 11 is 0. The minimum Gasteiger partial charge on any atom is -0.550 e. The van der Waals surface area contributed by atoms with E-state index in [-0.39, 0.29) is 36.0 Å². The van der Waals surface area contributed by atoms with E-state index < -0.39 is 5.97 Å². The molecule has 0 aromatic heterocycles. The van der Waals surface area contributed by atoms with Crippen molar-refractivity contribution in [2.45, 2.75) is 96.8 Å². The first kappa shape index (κ1) is 26.9. The van der Waals surface area contributed by atoms with Crippen LogP contribution in [0.1, 0.15) is 96.8 Å². The number of unbranched alkanes of at least 4 members (excludes halogenated alkanes) is 9. The van der Waals surface area contributed by atoms with E-state index in [0.29, 0.717) is 0 Å². The summed E-state index contributed by atoms with van der Waals surface area (Å²) in [7, 11) is 0. The fourth-order valence-corrected chi connectivity index (χ4v) is 2.60. The van der Waals surface area contributed by atoms with Crippen molar-refractivity contribution in [3.05, 3.63) is 36.5 Å². The summed E-state index contributed by atoms with van der Waals surface area (Å²) in [5, 5.41) is 10.3. The fourth-order valence-electron chi connectivity index (χ4n) is 2.60. The molecular weight excluding hydrogens is 319 g/mol. The normalized spacial score (nSPS) is 11.6. The van der Waals surface area contributed by atoms with Gasteiger partial charge in [0.25, 0.3) is 0 Å². The van der Waals surface area contributed by atoms with E-state index in [9.17, 15) is 9.90 Å². The van der Waals surface area contributed by atoms with Crippen LogP contribution in [0.15, 0.2) is 36.5 Å². The zero-order chi connectivity index (χ0) is 17.7. The Bertz CT molecular complexity index is 359. The van der Waals surface area contributed by atoms with Gasteiger partial charge < -0.3 is 9.90 Å². The first-order chi connectivity index (χ1) is 11.8. The molecule has 0 bridgehead atoms. The van der Waals surface area contributed by atoms with Crippen molar-refractivity contribution in [1.29, 1.82) is 0 Å². The number of carboxylic acids is 1. The van der Waals surface area contributed by atoms with Crippen LogP contribution in [-0.2, 0) is 4.79 Å². The minimum atomic E-state index is -0.913. The van der Waals surface area contributed by atoms with Gasteiger partial charge >= 0.3 is 29.6 Å². The van der Waals surface area contributed by atoms with Gasteiger partial charge in [0, 0.05) is 5.97 Å².